The van der Waals surface area contributed by atoms with E-state index >= 15 is 0 Å². The minimum atomic E-state index is -3.79. The van der Waals surface area contributed by atoms with E-state index in [1.807, 2.05) is 0 Å². The van der Waals surface area contributed by atoms with Crippen molar-refractivity contribution < 1.29 is 37.5 Å². The molecule has 14 nitrogen and oxygen atoms in total. The number of aliphatic carboxylic acids is 1. The monoisotopic (exact) mass is 596 g/mol. The maximum absolute atomic E-state index is 13.1. The number of fused-ring (bicyclic) bond motifs is 1. The number of carboxylic acids is 1. The number of anilines is 1. The molecule has 2 aliphatic heterocycles. The number of hydrogen-bond donors (Lipinski definition) is 4. The van der Waals surface area contributed by atoms with Crippen molar-refractivity contribution in [3.63, 3.8) is 0 Å². The smallest absolute Gasteiger partial charge is 0.352 e. The summed E-state index contributed by atoms with van der Waals surface area (Å²) in [5, 5.41) is 17.3. The number of carboxylic acid groups (broad SMARTS) is 1. The molecule has 5 N–H and O–H groups in total. The fourth-order valence-electron chi connectivity index (χ4n) is 4.09. The molecular formula is C22H24N6O8S3. The Balaban J connectivity index is 1.59. The molecule has 2 amide bonds. The Morgan fingerprint density at radius 2 is 2.05 bits per heavy atom. The topological polar surface area (TPSA) is 203 Å². The second-order valence-corrected chi connectivity index (χ2v) is 12.1. The Morgan fingerprint density at radius 1 is 1.31 bits per heavy atom. The summed E-state index contributed by atoms with van der Waals surface area (Å²) in [6.07, 6.45) is 0.0570. The van der Waals surface area contributed by atoms with Gasteiger partial charge in [0.1, 0.15) is 35.7 Å². The summed E-state index contributed by atoms with van der Waals surface area (Å²) in [4.78, 5) is 48.1. The van der Waals surface area contributed by atoms with Gasteiger partial charge in [0.25, 0.3) is 11.8 Å². The van der Waals surface area contributed by atoms with E-state index in [2.05, 4.69) is 20.2 Å². The van der Waals surface area contributed by atoms with Gasteiger partial charge in [0.2, 0.25) is 10.0 Å². The average Bonchev–Trinajstić information content (AvgIpc) is 3.35. The van der Waals surface area contributed by atoms with Gasteiger partial charge in [-0.05, 0) is 36.7 Å². The van der Waals surface area contributed by atoms with Crippen LogP contribution in [0.15, 0.2) is 44.9 Å². The standard InChI is InChI=1S/C22H24N6O8S3/c1-24-39(33,34)13-6-10(5-12(7-13)35-2)4-11-8-37-20-16(19(30)28(20)17(11)21(31)32)26-18(29)15(27-36-3)14-9-38-22(23)25-14/h5-7,9,16,20,24H,4,8H2,1-3H3,(H2,23,25)(H,26,29)(H,31,32)/b27-15-/t16-,20-/m1/s1. The van der Waals surface area contributed by atoms with E-state index < -0.39 is 39.2 Å². The lowest BCUT2D eigenvalue weighted by Crippen LogP contribution is -2.71. The van der Waals surface area contributed by atoms with Gasteiger partial charge in [0.05, 0.1) is 12.0 Å². The van der Waals surface area contributed by atoms with Gasteiger partial charge >= 0.3 is 5.97 Å². The van der Waals surface area contributed by atoms with Crippen LogP contribution in [0.25, 0.3) is 0 Å². The number of nitrogens with two attached hydrogens (primary N) is 1. The molecule has 1 saturated heterocycles. The van der Waals surface area contributed by atoms with E-state index in [9.17, 15) is 27.9 Å². The van der Waals surface area contributed by atoms with Gasteiger partial charge in [0.15, 0.2) is 10.8 Å². The van der Waals surface area contributed by atoms with Gasteiger partial charge in [-0.25, -0.2) is 22.9 Å². The van der Waals surface area contributed by atoms with Crippen LogP contribution < -0.4 is 20.5 Å². The molecule has 0 bridgehead atoms. The van der Waals surface area contributed by atoms with Crippen LogP contribution in [-0.2, 0) is 35.7 Å². The number of oxime groups is 1. The molecule has 3 heterocycles. The maximum atomic E-state index is 13.1. The van der Waals surface area contributed by atoms with Gasteiger partial charge in [0, 0.05) is 17.2 Å². The largest absolute Gasteiger partial charge is 0.497 e. The SMILES string of the molecule is CNS(=O)(=O)c1cc(CC2=C(C(=O)O)N3C(=O)[C@@H](NC(=O)/C(=N\OC)c4csc(N)n4)[C@H]3SC2)cc(OC)c1. The van der Waals surface area contributed by atoms with Crippen molar-refractivity contribution in [3.8, 4) is 5.75 Å². The minimum Gasteiger partial charge on any atom is -0.497 e. The number of methoxy groups -OCH3 is 1. The lowest BCUT2D eigenvalue weighted by molar-refractivity contribution is -0.150. The second kappa shape index (κ2) is 11.2. The summed E-state index contributed by atoms with van der Waals surface area (Å²) in [5.74, 6) is -2.18. The van der Waals surface area contributed by atoms with Crippen LogP contribution in [0.4, 0.5) is 5.13 Å². The maximum Gasteiger partial charge on any atom is 0.352 e. The first-order valence-electron chi connectivity index (χ1n) is 11.2. The highest BCUT2D eigenvalue weighted by molar-refractivity contribution is 8.00. The van der Waals surface area contributed by atoms with E-state index in [4.69, 9.17) is 15.3 Å². The molecular weight excluding hydrogens is 572 g/mol. The number of thioether (sulfide) groups is 1. The van der Waals surface area contributed by atoms with Crippen LogP contribution in [-0.4, -0.2) is 85.3 Å². The normalized spacial score (nSPS) is 19.3. The molecule has 39 heavy (non-hydrogen) atoms. The van der Waals surface area contributed by atoms with Crippen molar-refractivity contribution in [3.05, 3.63) is 46.1 Å². The Hall–Kier alpha value is -3.67. The van der Waals surface area contributed by atoms with E-state index in [-0.39, 0.29) is 45.1 Å². The number of nitrogen functional groups attached to an aromatic ring is 1. The zero-order chi connectivity index (χ0) is 28.5. The number of ether oxygens (including phenoxy) is 1. The first-order valence-corrected chi connectivity index (χ1v) is 14.6. The molecule has 0 aliphatic carbocycles. The molecule has 0 radical (unpaired) electrons. The van der Waals surface area contributed by atoms with Gasteiger partial charge < -0.3 is 25.7 Å². The number of nitrogens with zero attached hydrogens (tertiary/aromatic N) is 3. The van der Waals surface area contributed by atoms with Gasteiger partial charge in [-0.2, -0.15) is 0 Å². The number of β-lactam (4-membered cyclic amide) rings is 1. The van der Waals surface area contributed by atoms with E-state index in [1.165, 1.54) is 50.5 Å². The van der Waals surface area contributed by atoms with Crippen LogP contribution >= 0.6 is 23.1 Å². The first kappa shape index (κ1) is 28.3. The molecule has 208 valence electrons. The Bertz CT molecular complexity index is 1500. The van der Waals surface area contributed by atoms with Crippen LogP contribution in [0.2, 0.25) is 0 Å². The van der Waals surface area contributed by atoms with Crippen LogP contribution in [0.5, 0.6) is 5.75 Å². The van der Waals surface area contributed by atoms with Crippen molar-refractivity contribution in [2.75, 3.05) is 32.8 Å². The molecule has 2 aliphatic rings. The predicted octanol–water partition coefficient (Wildman–Crippen LogP) is -0.0262. The second-order valence-electron chi connectivity index (χ2n) is 8.21. The number of carbonyl (C=O) groups is 3. The summed E-state index contributed by atoms with van der Waals surface area (Å²) in [5.41, 5.74) is 6.30. The Morgan fingerprint density at radius 3 is 2.64 bits per heavy atom. The number of sulfonamides is 1. The lowest BCUT2D eigenvalue weighted by Gasteiger charge is -2.49. The highest BCUT2D eigenvalue weighted by atomic mass is 32.2. The zero-order valence-electron chi connectivity index (χ0n) is 20.8. The molecule has 1 aromatic heterocycles. The molecule has 2 aromatic rings. The van der Waals surface area contributed by atoms with Crippen LogP contribution in [0.1, 0.15) is 11.3 Å². The fraction of sp³-hybridized carbons (Fsp3) is 0.318. The third-order valence-electron chi connectivity index (χ3n) is 5.87. The number of rotatable bonds is 10. The molecule has 17 heteroatoms. The number of aromatic nitrogens is 1. The molecule has 0 unspecified atom stereocenters. The molecule has 4 rings (SSSR count). The third-order valence-corrected chi connectivity index (χ3v) is 9.28. The number of benzene rings is 1. The number of amides is 2. The highest BCUT2D eigenvalue weighted by Gasteiger charge is 2.54. The van der Waals surface area contributed by atoms with Gasteiger partial charge in [-0.3, -0.25) is 14.5 Å². The fourth-order valence-corrected chi connectivity index (χ4v) is 6.80. The van der Waals surface area contributed by atoms with Crippen LogP contribution in [0.3, 0.4) is 0 Å². The highest BCUT2D eigenvalue weighted by Crippen LogP contribution is 2.41. The average molecular weight is 597 g/mol. The van der Waals surface area contributed by atoms with Gasteiger partial charge in [-0.15, -0.1) is 23.1 Å². The van der Waals surface area contributed by atoms with Crippen LogP contribution in [0, 0.1) is 0 Å². The van der Waals surface area contributed by atoms with Crippen molar-refractivity contribution >= 4 is 61.7 Å². The van der Waals surface area contributed by atoms with E-state index in [0.717, 1.165) is 16.2 Å². The molecule has 1 fully saturated rings. The first-order chi connectivity index (χ1) is 18.5. The summed E-state index contributed by atoms with van der Waals surface area (Å²) < 4.78 is 32.2. The van der Waals surface area contributed by atoms with Crippen molar-refractivity contribution in [2.24, 2.45) is 5.16 Å². The minimum absolute atomic E-state index is 0.0450. The number of thiazole rings is 1. The lowest BCUT2D eigenvalue weighted by atomic mass is 9.98. The summed E-state index contributed by atoms with van der Waals surface area (Å²) in [6, 6.07) is 3.35. The van der Waals surface area contributed by atoms with Crippen molar-refractivity contribution in [2.45, 2.75) is 22.7 Å². The summed E-state index contributed by atoms with van der Waals surface area (Å²) in [7, 11) is 0.122. The molecule has 1 aromatic carbocycles. The molecule has 0 spiro atoms. The number of nitrogens with one attached hydrogen (secondary N) is 2. The quantitative estimate of drug-likeness (QED) is 0.163. The van der Waals surface area contributed by atoms with E-state index in [1.54, 1.807) is 6.07 Å². The van der Waals surface area contributed by atoms with Crippen molar-refractivity contribution in [1.82, 2.24) is 19.9 Å². The Kier molecular flexibility index (Phi) is 8.15. The predicted molar refractivity (Wildman–Crippen MR) is 143 cm³/mol. The summed E-state index contributed by atoms with van der Waals surface area (Å²) in [6.45, 7) is 0. The van der Waals surface area contributed by atoms with Gasteiger partial charge in [-0.1, -0.05) is 5.16 Å². The third kappa shape index (κ3) is 5.56. The molecule has 0 saturated carbocycles. The number of carbonyl (C=O) groups excluding carboxylic acids is 2. The Labute approximate surface area is 231 Å². The zero-order valence-corrected chi connectivity index (χ0v) is 23.3. The van der Waals surface area contributed by atoms with E-state index in [0.29, 0.717) is 11.1 Å². The van der Waals surface area contributed by atoms with Crippen molar-refractivity contribution in [1.29, 1.82) is 0 Å². The summed E-state index contributed by atoms with van der Waals surface area (Å²) >= 11 is 2.37. The molecule has 2 atom stereocenters. The number of hydrogen-bond acceptors (Lipinski definition) is 12.